The molecule has 0 bridgehead atoms. The third kappa shape index (κ3) is 2.42. The van der Waals surface area contributed by atoms with Gasteiger partial charge in [0.2, 0.25) is 5.91 Å². The fraction of sp³-hybridized carbons (Fsp3) is 0.462. The zero-order valence-electron chi connectivity index (χ0n) is 10.0. The topological polar surface area (TPSA) is 52.6 Å². The summed E-state index contributed by atoms with van der Waals surface area (Å²) in [4.78, 5) is 13.9. The average Bonchev–Trinajstić information content (AvgIpc) is 2.78. The largest absolute Gasteiger partial charge is 0.396 e. The number of amides is 1. The fourth-order valence-corrected chi connectivity index (χ4v) is 2.19. The highest BCUT2D eigenvalue weighted by Crippen LogP contribution is 2.31. The molecule has 1 amide bonds. The van der Waals surface area contributed by atoms with Crippen molar-refractivity contribution in [3.63, 3.8) is 0 Å². The Balaban J connectivity index is 2.07. The monoisotopic (exact) mass is 234 g/mol. The quantitative estimate of drug-likeness (QED) is 0.818. The number of aliphatic hydroxyl groups is 1. The van der Waals surface area contributed by atoms with E-state index in [-0.39, 0.29) is 18.4 Å². The van der Waals surface area contributed by atoms with Gasteiger partial charge in [0.15, 0.2) is 0 Å². The lowest BCUT2D eigenvalue weighted by Crippen LogP contribution is -2.33. The minimum Gasteiger partial charge on any atom is -0.396 e. The molecule has 1 aromatic rings. The van der Waals surface area contributed by atoms with Crippen molar-refractivity contribution in [3.05, 3.63) is 29.8 Å². The van der Waals surface area contributed by atoms with Crippen LogP contribution in [0.25, 0.3) is 0 Å². The van der Waals surface area contributed by atoms with E-state index in [4.69, 9.17) is 5.11 Å². The fourth-order valence-electron chi connectivity index (χ4n) is 2.19. The van der Waals surface area contributed by atoms with Crippen LogP contribution in [0.5, 0.6) is 0 Å². The van der Waals surface area contributed by atoms with Gasteiger partial charge in [-0.05, 0) is 18.1 Å². The molecule has 1 atom stereocenters. The van der Waals surface area contributed by atoms with Gasteiger partial charge in [-0.25, -0.2) is 0 Å². The maximum absolute atomic E-state index is 12.2. The van der Waals surface area contributed by atoms with Crippen LogP contribution in [0.4, 0.5) is 5.69 Å². The summed E-state index contributed by atoms with van der Waals surface area (Å²) in [6, 6.07) is 7.92. The van der Waals surface area contributed by atoms with E-state index in [1.807, 2.05) is 24.3 Å². The molecule has 0 saturated carbocycles. The molecule has 1 aliphatic heterocycles. The first kappa shape index (κ1) is 11.9. The Kier molecular flexibility index (Phi) is 3.64. The molecule has 0 aliphatic carbocycles. The minimum atomic E-state index is -0.0881. The lowest BCUT2D eigenvalue weighted by molar-refractivity contribution is -0.131. The standard InChI is InChI=1S/C13H18N2O2/c1-15(7-4-8-16)13(17)11-9-14-12-6-3-2-5-10(11)12/h2-3,5-6,11,14,16H,4,7-9H2,1H3. The number of likely N-dealkylation sites (N-methyl/N-ethyl adjacent to an activating group) is 1. The van der Waals surface area contributed by atoms with Crippen molar-refractivity contribution in [1.29, 1.82) is 0 Å². The van der Waals surface area contributed by atoms with Gasteiger partial charge in [-0.1, -0.05) is 18.2 Å². The smallest absolute Gasteiger partial charge is 0.231 e. The van der Waals surface area contributed by atoms with E-state index < -0.39 is 0 Å². The molecule has 0 radical (unpaired) electrons. The van der Waals surface area contributed by atoms with Crippen molar-refractivity contribution >= 4 is 11.6 Å². The van der Waals surface area contributed by atoms with Crippen molar-refractivity contribution in [3.8, 4) is 0 Å². The second kappa shape index (κ2) is 5.19. The lowest BCUT2D eigenvalue weighted by atomic mass is 10.00. The highest BCUT2D eigenvalue weighted by molar-refractivity contribution is 5.88. The Bertz CT molecular complexity index is 406. The number of anilines is 1. The van der Waals surface area contributed by atoms with Crippen molar-refractivity contribution in [2.75, 3.05) is 32.1 Å². The van der Waals surface area contributed by atoms with Gasteiger partial charge in [-0.15, -0.1) is 0 Å². The number of nitrogens with zero attached hydrogens (tertiary/aromatic N) is 1. The Morgan fingerprint density at radius 3 is 3.06 bits per heavy atom. The van der Waals surface area contributed by atoms with Gasteiger partial charge < -0.3 is 15.3 Å². The number of fused-ring (bicyclic) bond motifs is 1. The van der Waals surface area contributed by atoms with E-state index >= 15 is 0 Å². The Labute approximate surface area is 101 Å². The zero-order chi connectivity index (χ0) is 12.3. The predicted molar refractivity (Wildman–Crippen MR) is 67.0 cm³/mol. The molecule has 2 N–H and O–H groups in total. The molecule has 1 aromatic carbocycles. The van der Waals surface area contributed by atoms with E-state index in [1.165, 1.54) is 0 Å². The molecule has 1 unspecified atom stereocenters. The Morgan fingerprint density at radius 1 is 1.53 bits per heavy atom. The van der Waals surface area contributed by atoms with Crippen molar-refractivity contribution < 1.29 is 9.90 Å². The van der Waals surface area contributed by atoms with E-state index in [9.17, 15) is 4.79 Å². The van der Waals surface area contributed by atoms with Crippen LogP contribution in [0.1, 0.15) is 17.9 Å². The lowest BCUT2D eigenvalue weighted by Gasteiger charge is -2.20. The number of nitrogens with one attached hydrogen (secondary N) is 1. The van der Waals surface area contributed by atoms with Crippen LogP contribution in [0, 0.1) is 0 Å². The number of hydrogen-bond acceptors (Lipinski definition) is 3. The van der Waals surface area contributed by atoms with Gasteiger partial charge in [0.1, 0.15) is 0 Å². The normalized spacial score (nSPS) is 17.4. The van der Waals surface area contributed by atoms with Crippen LogP contribution in [0.15, 0.2) is 24.3 Å². The first-order chi connectivity index (χ1) is 8.24. The maximum Gasteiger partial charge on any atom is 0.231 e. The molecular formula is C13H18N2O2. The molecule has 17 heavy (non-hydrogen) atoms. The Hall–Kier alpha value is -1.55. The molecule has 0 fully saturated rings. The molecule has 1 aliphatic rings. The van der Waals surface area contributed by atoms with Gasteiger partial charge in [0, 0.05) is 32.4 Å². The van der Waals surface area contributed by atoms with Crippen LogP contribution in [0.3, 0.4) is 0 Å². The minimum absolute atomic E-state index is 0.0881. The highest BCUT2D eigenvalue weighted by Gasteiger charge is 2.29. The number of carbonyl (C=O) groups excluding carboxylic acids is 1. The van der Waals surface area contributed by atoms with Crippen molar-refractivity contribution in [2.24, 2.45) is 0 Å². The summed E-state index contributed by atoms with van der Waals surface area (Å²) in [5.74, 6) is 0.0331. The van der Waals surface area contributed by atoms with E-state index in [0.29, 0.717) is 19.5 Å². The summed E-state index contributed by atoms with van der Waals surface area (Å²) in [5, 5.41) is 12.0. The summed E-state index contributed by atoms with van der Waals surface area (Å²) < 4.78 is 0. The first-order valence-corrected chi connectivity index (χ1v) is 5.92. The molecule has 0 aromatic heterocycles. The van der Waals surface area contributed by atoms with Crippen LogP contribution in [0.2, 0.25) is 0 Å². The van der Waals surface area contributed by atoms with Gasteiger partial charge in [0.05, 0.1) is 5.92 Å². The molecule has 0 saturated heterocycles. The molecular weight excluding hydrogens is 216 g/mol. The molecule has 4 nitrogen and oxygen atoms in total. The number of hydrogen-bond donors (Lipinski definition) is 2. The number of benzene rings is 1. The van der Waals surface area contributed by atoms with Crippen LogP contribution in [-0.4, -0.2) is 42.7 Å². The number of aliphatic hydroxyl groups excluding tert-OH is 1. The maximum atomic E-state index is 12.2. The third-order valence-corrected chi connectivity index (χ3v) is 3.16. The summed E-state index contributed by atoms with van der Waals surface area (Å²) in [5.41, 5.74) is 2.13. The van der Waals surface area contributed by atoms with Crippen molar-refractivity contribution in [1.82, 2.24) is 4.90 Å². The van der Waals surface area contributed by atoms with E-state index in [2.05, 4.69) is 5.32 Å². The summed E-state index contributed by atoms with van der Waals surface area (Å²) in [6.07, 6.45) is 0.629. The first-order valence-electron chi connectivity index (χ1n) is 5.92. The van der Waals surface area contributed by atoms with Gasteiger partial charge in [0.25, 0.3) is 0 Å². The molecule has 92 valence electrons. The number of rotatable bonds is 4. The van der Waals surface area contributed by atoms with Gasteiger partial charge >= 0.3 is 0 Å². The molecule has 0 spiro atoms. The molecule has 4 heteroatoms. The van der Waals surface area contributed by atoms with Gasteiger partial charge in [-0.3, -0.25) is 4.79 Å². The Morgan fingerprint density at radius 2 is 2.29 bits per heavy atom. The van der Waals surface area contributed by atoms with Gasteiger partial charge in [-0.2, -0.15) is 0 Å². The van der Waals surface area contributed by atoms with E-state index in [0.717, 1.165) is 11.3 Å². The van der Waals surface area contributed by atoms with Crippen molar-refractivity contribution in [2.45, 2.75) is 12.3 Å². The summed E-state index contributed by atoms with van der Waals surface area (Å²) in [6.45, 7) is 1.40. The van der Waals surface area contributed by atoms with Crippen LogP contribution in [-0.2, 0) is 4.79 Å². The second-order valence-electron chi connectivity index (χ2n) is 4.36. The SMILES string of the molecule is CN(CCCO)C(=O)C1CNc2ccccc21. The molecule has 1 heterocycles. The van der Waals surface area contributed by atoms with E-state index in [1.54, 1.807) is 11.9 Å². The third-order valence-electron chi connectivity index (χ3n) is 3.16. The predicted octanol–water partition coefficient (Wildman–Crippen LogP) is 1.04. The molecule has 2 rings (SSSR count). The van der Waals surface area contributed by atoms with Crippen LogP contribution < -0.4 is 5.32 Å². The number of carbonyl (C=O) groups is 1. The second-order valence-corrected chi connectivity index (χ2v) is 4.36. The van der Waals surface area contributed by atoms with Crippen LogP contribution >= 0.6 is 0 Å². The zero-order valence-corrected chi connectivity index (χ0v) is 10.0. The summed E-state index contributed by atoms with van der Waals surface area (Å²) in [7, 11) is 1.79. The summed E-state index contributed by atoms with van der Waals surface area (Å²) >= 11 is 0. The number of para-hydroxylation sites is 1. The average molecular weight is 234 g/mol. The highest BCUT2D eigenvalue weighted by atomic mass is 16.3.